The molecule has 0 spiro atoms. The second-order valence-corrected chi connectivity index (χ2v) is 5.67. The molecule has 2 aromatic rings. The molecule has 0 aromatic heterocycles. The summed E-state index contributed by atoms with van der Waals surface area (Å²) in [4.78, 5) is 23.7. The number of para-hydroxylation sites is 1. The van der Waals surface area contributed by atoms with Gasteiger partial charge in [0.05, 0.1) is 5.69 Å². The highest BCUT2D eigenvalue weighted by molar-refractivity contribution is 9.10. The molecular formula is C17H15BrFNO2. The molecule has 0 heterocycles. The average molecular weight is 364 g/mol. The van der Waals surface area contributed by atoms with Crippen molar-refractivity contribution in [2.24, 2.45) is 0 Å². The number of nitrogens with one attached hydrogen (secondary N) is 1. The smallest absolute Gasteiger partial charge is 0.224 e. The van der Waals surface area contributed by atoms with E-state index in [-0.39, 0.29) is 30.3 Å². The first-order valence-corrected chi connectivity index (χ1v) is 7.69. The Hall–Kier alpha value is -2.01. The Morgan fingerprint density at radius 3 is 2.36 bits per heavy atom. The van der Waals surface area contributed by atoms with E-state index in [9.17, 15) is 14.0 Å². The molecule has 0 saturated heterocycles. The molecule has 2 rings (SSSR count). The van der Waals surface area contributed by atoms with E-state index in [1.165, 1.54) is 24.3 Å². The molecule has 3 nitrogen and oxygen atoms in total. The van der Waals surface area contributed by atoms with Crippen LogP contribution in [0.2, 0.25) is 0 Å². The first-order chi connectivity index (χ1) is 10.6. The van der Waals surface area contributed by atoms with E-state index in [4.69, 9.17) is 0 Å². The monoisotopic (exact) mass is 363 g/mol. The Morgan fingerprint density at radius 2 is 1.68 bits per heavy atom. The van der Waals surface area contributed by atoms with Crippen LogP contribution in [-0.2, 0) is 4.79 Å². The topological polar surface area (TPSA) is 46.2 Å². The van der Waals surface area contributed by atoms with Gasteiger partial charge in [0.2, 0.25) is 5.91 Å². The lowest BCUT2D eigenvalue weighted by atomic mass is 10.1. The van der Waals surface area contributed by atoms with E-state index in [1.54, 1.807) is 6.07 Å². The minimum Gasteiger partial charge on any atom is -0.325 e. The maximum Gasteiger partial charge on any atom is 0.224 e. The van der Waals surface area contributed by atoms with E-state index in [0.717, 1.165) is 4.47 Å². The van der Waals surface area contributed by atoms with Gasteiger partial charge in [-0.05, 0) is 58.7 Å². The van der Waals surface area contributed by atoms with Crippen molar-refractivity contribution in [1.82, 2.24) is 0 Å². The number of carbonyl (C=O) groups is 2. The molecule has 22 heavy (non-hydrogen) atoms. The number of benzene rings is 2. The molecule has 0 radical (unpaired) electrons. The molecule has 114 valence electrons. The second kappa shape index (κ2) is 7.84. The molecule has 2 aromatic carbocycles. The zero-order valence-electron chi connectivity index (χ0n) is 11.8. The summed E-state index contributed by atoms with van der Waals surface area (Å²) in [6.45, 7) is 0. The van der Waals surface area contributed by atoms with Crippen LogP contribution in [0.15, 0.2) is 53.0 Å². The van der Waals surface area contributed by atoms with Crippen LogP contribution >= 0.6 is 15.9 Å². The van der Waals surface area contributed by atoms with Gasteiger partial charge in [-0.2, -0.15) is 0 Å². The van der Waals surface area contributed by atoms with Crippen molar-refractivity contribution >= 4 is 33.3 Å². The van der Waals surface area contributed by atoms with Crippen LogP contribution in [0.25, 0.3) is 0 Å². The summed E-state index contributed by atoms with van der Waals surface area (Å²) in [6, 6.07) is 12.8. The maximum absolute atomic E-state index is 12.8. The summed E-state index contributed by atoms with van der Waals surface area (Å²) in [5.41, 5.74) is 1.17. The van der Waals surface area contributed by atoms with E-state index < -0.39 is 0 Å². The summed E-state index contributed by atoms with van der Waals surface area (Å²) in [7, 11) is 0. The number of Topliss-reactive ketones (excluding diaryl/α,β-unsaturated/α-hetero) is 1. The molecule has 1 amide bonds. The number of hydrogen-bond acceptors (Lipinski definition) is 2. The molecule has 1 N–H and O–H groups in total. The molecule has 0 aliphatic carbocycles. The van der Waals surface area contributed by atoms with E-state index >= 15 is 0 Å². The lowest BCUT2D eigenvalue weighted by Gasteiger charge is -2.07. The van der Waals surface area contributed by atoms with Crippen LogP contribution in [0.5, 0.6) is 0 Å². The van der Waals surface area contributed by atoms with Crippen molar-refractivity contribution < 1.29 is 14.0 Å². The number of rotatable bonds is 6. The first-order valence-electron chi connectivity index (χ1n) is 6.89. The largest absolute Gasteiger partial charge is 0.325 e. The van der Waals surface area contributed by atoms with Crippen molar-refractivity contribution in [3.05, 3.63) is 64.4 Å². The normalized spacial score (nSPS) is 10.3. The molecule has 5 heteroatoms. The van der Waals surface area contributed by atoms with E-state index in [2.05, 4.69) is 21.2 Å². The van der Waals surface area contributed by atoms with Gasteiger partial charge in [-0.25, -0.2) is 4.39 Å². The van der Waals surface area contributed by atoms with Gasteiger partial charge in [0.15, 0.2) is 5.78 Å². The molecular weight excluding hydrogens is 349 g/mol. The van der Waals surface area contributed by atoms with Gasteiger partial charge in [-0.15, -0.1) is 0 Å². The van der Waals surface area contributed by atoms with Gasteiger partial charge in [-0.3, -0.25) is 9.59 Å². The third kappa shape index (κ3) is 4.77. The lowest BCUT2D eigenvalue weighted by molar-refractivity contribution is -0.116. The number of anilines is 1. The minimum atomic E-state index is -0.371. The summed E-state index contributed by atoms with van der Waals surface area (Å²) in [6.07, 6.45) is 0.968. The zero-order valence-corrected chi connectivity index (χ0v) is 13.4. The van der Waals surface area contributed by atoms with Gasteiger partial charge in [0.25, 0.3) is 0 Å². The number of carbonyl (C=O) groups excluding carboxylic acids is 2. The summed E-state index contributed by atoms with van der Waals surface area (Å²) >= 11 is 3.35. The van der Waals surface area contributed by atoms with E-state index in [0.29, 0.717) is 17.7 Å². The van der Waals surface area contributed by atoms with Gasteiger partial charge in [0.1, 0.15) is 5.82 Å². The SMILES string of the molecule is O=C(CCCC(=O)c1ccc(F)cc1)Nc1ccccc1Br. The molecule has 0 saturated carbocycles. The fraction of sp³-hybridized carbons (Fsp3) is 0.176. The highest BCUT2D eigenvalue weighted by atomic mass is 79.9. The number of hydrogen-bond donors (Lipinski definition) is 1. The van der Waals surface area contributed by atoms with Crippen LogP contribution in [0.3, 0.4) is 0 Å². The summed E-state index contributed by atoms with van der Waals surface area (Å²) in [5.74, 6) is -0.600. The summed E-state index contributed by atoms with van der Waals surface area (Å²) < 4.78 is 13.6. The highest BCUT2D eigenvalue weighted by Gasteiger charge is 2.09. The molecule has 0 aliphatic heterocycles. The van der Waals surface area contributed by atoms with Gasteiger partial charge in [0, 0.05) is 22.9 Å². The maximum atomic E-state index is 12.8. The predicted octanol–water partition coefficient (Wildman–Crippen LogP) is 4.58. The Labute approximate surface area is 136 Å². The van der Waals surface area contributed by atoms with Crippen LogP contribution in [-0.4, -0.2) is 11.7 Å². The van der Waals surface area contributed by atoms with Crippen LogP contribution in [0.1, 0.15) is 29.6 Å². The van der Waals surface area contributed by atoms with Crippen molar-refractivity contribution in [2.45, 2.75) is 19.3 Å². The van der Waals surface area contributed by atoms with E-state index in [1.807, 2.05) is 18.2 Å². The number of amides is 1. The van der Waals surface area contributed by atoms with Gasteiger partial charge >= 0.3 is 0 Å². The zero-order chi connectivity index (χ0) is 15.9. The Balaban J connectivity index is 1.78. The highest BCUT2D eigenvalue weighted by Crippen LogP contribution is 2.21. The fourth-order valence-electron chi connectivity index (χ4n) is 1.96. The molecule has 0 aliphatic rings. The van der Waals surface area contributed by atoms with Gasteiger partial charge in [-0.1, -0.05) is 12.1 Å². The number of halogens is 2. The molecule has 0 unspecified atom stereocenters. The van der Waals surface area contributed by atoms with Crippen LogP contribution in [0, 0.1) is 5.82 Å². The standard InChI is InChI=1S/C17H15BrFNO2/c18-14-4-1-2-5-15(14)20-17(22)7-3-6-16(21)12-8-10-13(19)11-9-12/h1-2,4-5,8-11H,3,6-7H2,(H,20,22). The number of ketones is 1. The fourth-order valence-corrected chi connectivity index (χ4v) is 2.35. The Morgan fingerprint density at radius 1 is 1.00 bits per heavy atom. The quantitative estimate of drug-likeness (QED) is 0.763. The van der Waals surface area contributed by atoms with Crippen molar-refractivity contribution in [3.8, 4) is 0 Å². The first kappa shape index (κ1) is 16.4. The van der Waals surface area contributed by atoms with Crippen LogP contribution < -0.4 is 5.32 Å². The minimum absolute atomic E-state index is 0.0892. The van der Waals surface area contributed by atoms with Crippen molar-refractivity contribution in [2.75, 3.05) is 5.32 Å². The lowest BCUT2D eigenvalue weighted by Crippen LogP contribution is -2.12. The third-order valence-electron chi connectivity index (χ3n) is 3.12. The third-order valence-corrected chi connectivity index (χ3v) is 3.81. The Bertz CT molecular complexity index is 671. The van der Waals surface area contributed by atoms with Crippen LogP contribution in [0.4, 0.5) is 10.1 Å². The Kier molecular flexibility index (Phi) is 5.83. The molecule has 0 fully saturated rings. The van der Waals surface area contributed by atoms with Crippen molar-refractivity contribution in [1.29, 1.82) is 0 Å². The average Bonchev–Trinajstić information content (AvgIpc) is 2.50. The van der Waals surface area contributed by atoms with Gasteiger partial charge < -0.3 is 5.32 Å². The molecule has 0 atom stereocenters. The molecule has 0 bridgehead atoms. The van der Waals surface area contributed by atoms with Crippen molar-refractivity contribution in [3.63, 3.8) is 0 Å². The predicted molar refractivity (Wildman–Crippen MR) is 87.4 cm³/mol. The second-order valence-electron chi connectivity index (χ2n) is 4.81. The summed E-state index contributed by atoms with van der Waals surface area (Å²) in [5, 5.41) is 2.78.